The predicted molar refractivity (Wildman–Crippen MR) is 51.4 cm³/mol. The van der Waals surface area contributed by atoms with Crippen LogP contribution in [0, 0.1) is 0 Å². The zero-order valence-electron chi connectivity index (χ0n) is 8.17. The first-order chi connectivity index (χ1) is 6.58. The van der Waals surface area contributed by atoms with Gasteiger partial charge in [-0.25, -0.2) is 0 Å². The highest BCUT2D eigenvalue weighted by Gasteiger charge is 2.20. The van der Waals surface area contributed by atoms with Crippen LogP contribution in [0.15, 0.2) is 18.5 Å². The Morgan fingerprint density at radius 3 is 1.86 bits per heavy atom. The van der Waals surface area contributed by atoms with E-state index >= 15 is 0 Å². The second kappa shape index (κ2) is 6.50. The molecule has 0 amide bonds. The van der Waals surface area contributed by atoms with Crippen LogP contribution >= 0.6 is 0 Å². The SMILES string of the molecule is Cn1cccn1.NC(CO)(CO)CO. The van der Waals surface area contributed by atoms with Gasteiger partial charge in [-0.05, 0) is 6.07 Å². The molecule has 0 spiro atoms. The van der Waals surface area contributed by atoms with Gasteiger partial charge in [0, 0.05) is 19.4 Å². The average Bonchev–Trinajstić information content (AvgIpc) is 2.69. The molecule has 0 aliphatic rings. The number of hydrogen-bond acceptors (Lipinski definition) is 5. The number of aliphatic hydroxyl groups is 3. The summed E-state index contributed by atoms with van der Waals surface area (Å²) in [6, 6.07) is 1.89. The highest BCUT2D eigenvalue weighted by atomic mass is 16.3. The van der Waals surface area contributed by atoms with Crippen LogP contribution < -0.4 is 5.73 Å². The zero-order valence-corrected chi connectivity index (χ0v) is 8.17. The van der Waals surface area contributed by atoms with Crippen molar-refractivity contribution >= 4 is 0 Å². The molecule has 1 heterocycles. The van der Waals surface area contributed by atoms with Crippen molar-refractivity contribution in [2.75, 3.05) is 19.8 Å². The quantitative estimate of drug-likeness (QED) is 0.458. The van der Waals surface area contributed by atoms with Crippen molar-refractivity contribution in [2.24, 2.45) is 12.8 Å². The summed E-state index contributed by atoms with van der Waals surface area (Å²) in [6.45, 7) is -1.21. The van der Waals surface area contributed by atoms with E-state index in [1.54, 1.807) is 10.9 Å². The summed E-state index contributed by atoms with van der Waals surface area (Å²) in [7, 11) is 1.89. The van der Waals surface area contributed by atoms with Crippen LogP contribution in [-0.4, -0.2) is 50.5 Å². The van der Waals surface area contributed by atoms with E-state index < -0.39 is 25.4 Å². The van der Waals surface area contributed by atoms with E-state index in [0.29, 0.717) is 0 Å². The smallest absolute Gasteiger partial charge is 0.0856 e. The third-order valence-corrected chi connectivity index (χ3v) is 1.58. The van der Waals surface area contributed by atoms with Gasteiger partial charge in [0.1, 0.15) is 0 Å². The fourth-order valence-corrected chi connectivity index (χ4v) is 0.495. The Hall–Kier alpha value is -0.950. The lowest BCUT2D eigenvalue weighted by atomic mass is 10.1. The van der Waals surface area contributed by atoms with Gasteiger partial charge in [0.2, 0.25) is 0 Å². The van der Waals surface area contributed by atoms with E-state index in [4.69, 9.17) is 21.1 Å². The monoisotopic (exact) mass is 203 g/mol. The molecular weight excluding hydrogens is 186 g/mol. The summed E-state index contributed by atoms with van der Waals surface area (Å²) < 4.78 is 1.75. The van der Waals surface area contributed by atoms with Gasteiger partial charge in [-0.3, -0.25) is 4.68 Å². The Kier molecular flexibility index (Phi) is 6.06. The number of nitrogens with zero attached hydrogens (tertiary/aromatic N) is 2. The van der Waals surface area contributed by atoms with Crippen LogP contribution in [0.2, 0.25) is 0 Å². The van der Waals surface area contributed by atoms with Gasteiger partial charge in [0.15, 0.2) is 0 Å². The maximum Gasteiger partial charge on any atom is 0.0856 e. The van der Waals surface area contributed by atoms with Crippen LogP contribution in [-0.2, 0) is 7.05 Å². The van der Waals surface area contributed by atoms with Gasteiger partial charge >= 0.3 is 0 Å². The summed E-state index contributed by atoms with van der Waals surface area (Å²) in [5, 5.41) is 28.9. The Morgan fingerprint density at radius 2 is 1.79 bits per heavy atom. The number of aryl methyl sites for hydroxylation is 1. The van der Waals surface area contributed by atoms with Gasteiger partial charge in [-0.2, -0.15) is 5.10 Å². The molecule has 1 aromatic heterocycles. The first kappa shape index (κ1) is 13.1. The molecule has 0 aliphatic heterocycles. The average molecular weight is 203 g/mol. The molecule has 0 fully saturated rings. The second-order valence-electron chi connectivity index (χ2n) is 3.02. The molecule has 0 radical (unpaired) electrons. The van der Waals surface area contributed by atoms with E-state index in [1.807, 2.05) is 19.3 Å². The molecule has 6 heteroatoms. The standard InChI is InChI=1S/C4H6N2.C4H11NO3/c1-6-4-2-3-5-6;5-4(1-6,2-7)3-8/h2-4H,1H3;6-8H,1-3,5H2. The molecule has 0 bridgehead atoms. The number of nitrogens with two attached hydrogens (primary N) is 1. The minimum Gasteiger partial charge on any atom is -0.394 e. The Labute approximate surface area is 82.6 Å². The van der Waals surface area contributed by atoms with Gasteiger partial charge in [0.25, 0.3) is 0 Å². The second-order valence-corrected chi connectivity index (χ2v) is 3.02. The van der Waals surface area contributed by atoms with Crippen molar-refractivity contribution in [1.29, 1.82) is 0 Å². The number of aliphatic hydroxyl groups excluding tert-OH is 3. The fourth-order valence-electron chi connectivity index (χ4n) is 0.495. The minimum absolute atomic E-state index is 0.403. The number of aromatic nitrogens is 2. The molecular formula is C8H17N3O3. The van der Waals surface area contributed by atoms with Crippen LogP contribution in [0.5, 0.6) is 0 Å². The van der Waals surface area contributed by atoms with E-state index in [2.05, 4.69) is 5.10 Å². The van der Waals surface area contributed by atoms with Crippen molar-refractivity contribution in [1.82, 2.24) is 9.78 Å². The Bertz CT molecular complexity index is 213. The van der Waals surface area contributed by atoms with Crippen LogP contribution in [0.4, 0.5) is 0 Å². The van der Waals surface area contributed by atoms with Crippen molar-refractivity contribution in [3.05, 3.63) is 18.5 Å². The van der Waals surface area contributed by atoms with E-state index in [-0.39, 0.29) is 0 Å². The summed E-state index contributed by atoms with van der Waals surface area (Å²) in [6.07, 6.45) is 3.64. The molecule has 0 aliphatic carbocycles. The molecule has 0 atom stereocenters. The van der Waals surface area contributed by atoms with Crippen molar-refractivity contribution in [3.8, 4) is 0 Å². The van der Waals surface area contributed by atoms with E-state index in [9.17, 15) is 0 Å². The maximum absolute atomic E-state index is 8.34. The molecule has 0 unspecified atom stereocenters. The summed E-state index contributed by atoms with van der Waals surface area (Å²) in [5.41, 5.74) is 3.94. The summed E-state index contributed by atoms with van der Waals surface area (Å²) in [5.74, 6) is 0. The van der Waals surface area contributed by atoms with Crippen LogP contribution in [0.3, 0.4) is 0 Å². The predicted octanol–water partition coefficient (Wildman–Crippen LogP) is -1.92. The summed E-state index contributed by atoms with van der Waals surface area (Å²) in [4.78, 5) is 0. The first-order valence-corrected chi connectivity index (χ1v) is 4.13. The van der Waals surface area contributed by atoms with E-state index in [1.165, 1.54) is 0 Å². The maximum atomic E-state index is 8.34. The van der Waals surface area contributed by atoms with E-state index in [0.717, 1.165) is 0 Å². The molecule has 1 aromatic rings. The minimum atomic E-state index is -1.21. The van der Waals surface area contributed by atoms with Gasteiger partial charge in [-0.15, -0.1) is 0 Å². The lowest BCUT2D eigenvalue weighted by molar-refractivity contribution is 0.0698. The Balaban J connectivity index is 0.000000249. The van der Waals surface area contributed by atoms with Crippen LogP contribution in [0.25, 0.3) is 0 Å². The molecule has 5 N–H and O–H groups in total. The molecule has 0 aromatic carbocycles. The third-order valence-electron chi connectivity index (χ3n) is 1.58. The molecule has 0 saturated carbocycles. The molecule has 82 valence electrons. The number of hydrogen-bond donors (Lipinski definition) is 4. The normalized spacial score (nSPS) is 10.6. The van der Waals surface area contributed by atoms with Crippen molar-refractivity contribution in [2.45, 2.75) is 5.54 Å². The third kappa shape index (κ3) is 4.93. The molecule has 6 nitrogen and oxygen atoms in total. The van der Waals surface area contributed by atoms with Gasteiger partial charge in [0.05, 0.1) is 25.4 Å². The fraction of sp³-hybridized carbons (Fsp3) is 0.625. The lowest BCUT2D eigenvalue weighted by Crippen LogP contribution is -2.50. The highest BCUT2D eigenvalue weighted by Crippen LogP contribution is 1.93. The topological polar surface area (TPSA) is 105 Å². The lowest BCUT2D eigenvalue weighted by Gasteiger charge is -2.20. The molecule has 1 rings (SSSR count). The first-order valence-electron chi connectivity index (χ1n) is 4.13. The Morgan fingerprint density at radius 1 is 1.29 bits per heavy atom. The molecule has 14 heavy (non-hydrogen) atoms. The number of rotatable bonds is 3. The van der Waals surface area contributed by atoms with Crippen LogP contribution in [0.1, 0.15) is 0 Å². The van der Waals surface area contributed by atoms with Crippen molar-refractivity contribution < 1.29 is 15.3 Å². The van der Waals surface area contributed by atoms with Gasteiger partial charge in [-0.1, -0.05) is 0 Å². The zero-order chi connectivity index (χ0) is 11.0. The summed E-state index contributed by atoms with van der Waals surface area (Å²) >= 11 is 0. The van der Waals surface area contributed by atoms with Crippen molar-refractivity contribution in [3.63, 3.8) is 0 Å². The van der Waals surface area contributed by atoms with Gasteiger partial charge < -0.3 is 21.1 Å². The molecule has 0 saturated heterocycles. The largest absolute Gasteiger partial charge is 0.394 e. The highest BCUT2D eigenvalue weighted by molar-refractivity contribution is 4.80.